The molecule has 36 heavy (non-hydrogen) atoms. The van der Waals surface area contributed by atoms with Crippen molar-refractivity contribution in [2.75, 3.05) is 11.5 Å². The lowest BCUT2D eigenvalue weighted by atomic mass is 10.1. The van der Waals surface area contributed by atoms with Gasteiger partial charge in [0.15, 0.2) is 11.5 Å². The second-order valence-electron chi connectivity index (χ2n) is 7.61. The minimum Gasteiger partial charge on any atom is -0.490 e. The van der Waals surface area contributed by atoms with Gasteiger partial charge in [0.1, 0.15) is 12.2 Å². The van der Waals surface area contributed by atoms with Gasteiger partial charge in [-0.1, -0.05) is 39.7 Å². The maximum absolute atomic E-state index is 13.2. The Morgan fingerprint density at radius 2 is 1.72 bits per heavy atom. The highest BCUT2D eigenvalue weighted by Crippen LogP contribution is 2.38. The summed E-state index contributed by atoms with van der Waals surface area (Å²) in [7, 11) is 0. The molecule has 0 unspecified atom stereocenters. The number of nitrogens with one attached hydrogen (secondary N) is 1. The van der Waals surface area contributed by atoms with Crippen LogP contribution >= 0.6 is 50.1 Å². The van der Waals surface area contributed by atoms with Crippen molar-refractivity contribution >= 4 is 79.7 Å². The number of imide groups is 2. The third kappa shape index (κ3) is 5.91. The fourth-order valence-corrected chi connectivity index (χ4v) is 4.36. The molecule has 4 rings (SSSR count). The van der Waals surface area contributed by atoms with E-state index in [2.05, 4.69) is 43.8 Å². The van der Waals surface area contributed by atoms with Crippen molar-refractivity contribution in [2.45, 2.75) is 13.5 Å². The van der Waals surface area contributed by atoms with Crippen LogP contribution in [0.2, 0.25) is 5.02 Å². The monoisotopic (exact) mass is 680 g/mol. The van der Waals surface area contributed by atoms with E-state index in [1.165, 1.54) is 6.08 Å². The summed E-state index contributed by atoms with van der Waals surface area (Å²) >= 11 is 12.1. The van der Waals surface area contributed by atoms with Crippen LogP contribution in [0.3, 0.4) is 0 Å². The Morgan fingerprint density at radius 3 is 2.39 bits per heavy atom. The van der Waals surface area contributed by atoms with Gasteiger partial charge in [0.25, 0.3) is 11.8 Å². The number of amides is 4. The van der Waals surface area contributed by atoms with E-state index in [1.807, 2.05) is 31.2 Å². The maximum atomic E-state index is 13.2. The van der Waals surface area contributed by atoms with Crippen LogP contribution in [-0.4, -0.2) is 24.5 Å². The number of halogens is 3. The molecule has 0 bridgehead atoms. The van der Waals surface area contributed by atoms with Gasteiger partial charge >= 0.3 is 6.03 Å². The van der Waals surface area contributed by atoms with Gasteiger partial charge in [0.05, 0.1) is 17.3 Å². The molecular weight excluding hydrogens is 663 g/mol. The Labute approximate surface area is 234 Å². The first-order valence-corrected chi connectivity index (χ1v) is 13.0. The van der Waals surface area contributed by atoms with E-state index < -0.39 is 17.8 Å². The zero-order valence-electron chi connectivity index (χ0n) is 18.9. The summed E-state index contributed by atoms with van der Waals surface area (Å²) in [4.78, 5) is 39.0. The van der Waals surface area contributed by atoms with Crippen molar-refractivity contribution in [3.63, 3.8) is 0 Å². The number of benzene rings is 3. The third-order valence-corrected chi connectivity index (χ3v) is 6.65. The lowest BCUT2D eigenvalue weighted by molar-refractivity contribution is -0.122. The summed E-state index contributed by atoms with van der Waals surface area (Å²) in [5, 5.41) is 2.46. The number of carbonyl (C=O) groups is 3. The van der Waals surface area contributed by atoms with Gasteiger partial charge in [-0.05, 0) is 95.2 Å². The van der Waals surface area contributed by atoms with Crippen LogP contribution in [0.25, 0.3) is 6.08 Å². The predicted octanol–water partition coefficient (Wildman–Crippen LogP) is 6.35. The number of rotatable bonds is 7. The van der Waals surface area contributed by atoms with Crippen molar-refractivity contribution in [1.29, 1.82) is 0 Å². The molecule has 1 aliphatic heterocycles. The van der Waals surface area contributed by atoms with E-state index in [-0.39, 0.29) is 17.2 Å². The minimum atomic E-state index is -0.822. The third-order valence-electron chi connectivity index (χ3n) is 5.13. The van der Waals surface area contributed by atoms with E-state index >= 15 is 0 Å². The molecule has 10 heteroatoms. The molecule has 0 aliphatic carbocycles. The van der Waals surface area contributed by atoms with Gasteiger partial charge in [-0.15, -0.1) is 0 Å². The molecule has 1 fully saturated rings. The molecule has 0 spiro atoms. The number of urea groups is 1. The van der Waals surface area contributed by atoms with Crippen LogP contribution < -0.4 is 19.7 Å². The van der Waals surface area contributed by atoms with Gasteiger partial charge < -0.3 is 9.47 Å². The fraction of sp³-hybridized carbons (Fsp3) is 0.115. The van der Waals surface area contributed by atoms with Crippen molar-refractivity contribution in [2.24, 2.45) is 0 Å². The zero-order valence-corrected chi connectivity index (χ0v) is 23.4. The van der Waals surface area contributed by atoms with E-state index in [0.717, 1.165) is 18.5 Å². The Morgan fingerprint density at radius 1 is 1.03 bits per heavy atom. The Kier molecular flexibility index (Phi) is 8.32. The number of ether oxygens (including phenoxy) is 2. The van der Waals surface area contributed by atoms with Crippen LogP contribution in [0.15, 0.2) is 70.7 Å². The molecular formula is C26H19BrClIN2O5. The van der Waals surface area contributed by atoms with Crippen molar-refractivity contribution in [3.8, 4) is 11.5 Å². The first-order chi connectivity index (χ1) is 17.3. The van der Waals surface area contributed by atoms with Crippen LogP contribution in [0.1, 0.15) is 18.1 Å². The highest BCUT2D eigenvalue weighted by molar-refractivity contribution is 14.1. The van der Waals surface area contributed by atoms with Crippen LogP contribution in [-0.2, 0) is 16.2 Å². The average molecular weight is 682 g/mol. The Hall–Kier alpha value is -2.89. The topological polar surface area (TPSA) is 84.9 Å². The van der Waals surface area contributed by atoms with Gasteiger partial charge in [-0.2, -0.15) is 0 Å². The maximum Gasteiger partial charge on any atom is 0.335 e. The number of nitrogens with zero attached hydrogens (tertiary/aromatic N) is 1. The smallest absolute Gasteiger partial charge is 0.335 e. The largest absolute Gasteiger partial charge is 0.490 e. The second kappa shape index (κ2) is 11.4. The fourth-order valence-electron chi connectivity index (χ4n) is 3.46. The van der Waals surface area contributed by atoms with Crippen molar-refractivity contribution < 1.29 is 23.9 Å². The standard InChI is InChI=1S/C26H19BrClIN2O5/c1-2-35-22-13-16(12-21(28)23(22)36-14-15-3-7-18(29)8-4-15)11-20-24(32)30-26(34)31(25(20)33)19-9-5-17(27)6-10-19/h3-13H,2,14H2,1H3,(H,30,32,34)/b20-11+. The number of hydrogen-bond acceptors (Lipinski definition) is 5. The first kappa shape index (κ1) is 26.2. The molecule has 1 saturated heterocycles. The molecule has 0 aromatic heterocycles. The molecule has 1 heterocycles. The molecule has 3 aromatic carbocycles. The summed E-state index contributed by atoms with van der Waals surface area (Å²) in [6.07, 6.45) is 1.37. The Bertz CT molecular complexity index is 1360. The summed E-state index contributed by atoms with van der Waals surface area (Å²) in [6.45, 7) is 2.45. The SMILES string of the molecule is CCOc1cc(/C=C2\C(=O)NC(=O)N(c3ccc(Br)cc3)C2=O)cc(Cl)c1OCc1ccc(I)cc1. The molecule has 0 atom stereocenters. The Balaban J connectivity index is 1.65. The van der Waals surface area contributed by atoms with Crippen LogP contribution in [0, 0.1) is 3.57 Å². The zero-order chi connectivity index (χ0) is 25.8. The lowest BCUT2D eigenvalue weighted by Gasteiger charge is -2.26. The first-order valence-electron chi connectivity index (χ1n) is 10.8. The molecule has 1 N–H and O–H groups in total. The molecule has 7 nitrogen and oxygen atoms in total. The quantitative estimate of drug-likeness (QED) is 0.179. The van der Waals surface area contributed by atoms with Gasteiger partial charge in [-0.3, -0.25) is 14.9 Å². The minimum absolute atomic E-state index is 0.219. The van der Waals surface area contributed by atoms with E-state index in [0.29, 0.717) is 29.4 Å². The summed E-state index contributed by atoms with van der Waals surface area (Å²) in [5.41, 5.74) is 1.51. The number of anilines is 1. The van der Waals surface area contributed by atoms with Crippen LogP contribution in [0.5, 0.6) is 11.5 Å². The second-order valence-corrected chi connectivity index (χ2v) is 10.2. The summed E-state index contributed by atoms with van der Waals surface area (Å²) in [6, 6.07) is 16.8. The van der Waals surface area contributed by atoms with Gasteiger partial charge in [0, 0.05) is 8.04 Å². The molecule has 1 aliphatic rings. The normalized spacial score (nSPS) is 14.7. The summed E-state index contributed by atoms with van der Waals surface area (Å²) < 4.78 is 13.6. The molecule has 0 radical (unpaired) electrons. The van der Waals surface area contributed by atoms with Gasteiger partial charge in [-0.25, -0.2) is 9.69 Å². The highest BCUT2D eigenvalue weighted by atomic mass is 127. The van der Waals surface area contributed by atoms with Crippen LogP contribution in [0.4, 0.5) is 10.5 Å². The number of carbonyl (C=O) groups excluding carboxylic acids is 3. The molecule has 0 saturated carbocycles. The van der Waals surface area contributed by atoms with Gasteiger partial charge in [0.2, 0.25) is 0 Å². The molecule has 4 amide bonds. The molecule has 184 valence electrons. The van der Waals surface area contributed by atoms with Crippen molar-refractivity contribution in [1.82, 2.24) is 5.32 Å². The van der Waals surface area contributed by atoms with Crippen molar-refractivity contribution in [3.05, 3.63) is 90.4 Å². The molecule has 3 aromatic rings. The number of hydrogen-bond donors (Lipinski definition) is 1. The predicted molar refractivity (Wildman–Crippen MR) is 149 cm³/mol. The number of barbiturate groups is 1. The lowest BCUT2D eigenvalue weighted by Crippen LogP contribution is -2.54. The van der Waals surface area contributed by atoms with E-state index in [1.54, 1.807) is 36.4 Å². The average Bonchev–Trinajstić information content (AvgIpc) is 2.83. The highest BCUT2D eigenvalue weighted by Gasteiger charge is 2.36. The van der Waals surface area contributed by atoms with E-state index in [9.17, 15) is 14.4 Å². The van der Waals surface area contributed by atoms with E-state index in [4.69, 9.17) is 21.1 Å². The summed E-state index contributed by atoms with van der Waals surface area (Å²) in [5.74, 6) is -0.831.